The monoisotopic (exact) mass is 183 g/mol. The van der Waals surface area contributed by atoms with Crippen molar-refractivity contribution >= 4 is 0 Å². The summed E-state index contributed by atoms with van der Waals surface area (Å²) in [7, 11) is 0. The summed E-state index contributed by atoms with van der Waals surface area (Å²) < 4.78 is 0. The number of rotatable bonds is 7. The van der Waals surface area contributed by atoms with Crippen molar-refractivity contribution in [3.05, 3.63) is 12.7 Å². The minimum Gasteiger partial charge on any atom is -0.312 e. The van der Waals surface area contributed by atoms with Crippen LogP contribution in [0.3, 0.4) is 0 Å². The zero-order valence-electron chi connectivity index (χ0n) is 9.53. The van der Waals surface area contributed by atoms with E-state index in [1.165, 1.54) is 32.1 Å². The van der Waals surface area contributed by atoms with Crippen LogP contribution in [0.2, 0.25) is 0 Å². The molecule has 0 bridgehead atoms. The number of allylic oxidation sites excluding steroid dienone is 1. The molecule has 0 atom stereocenters. The Morgan fingerprint density at radius 2 is 1.69 bits per heavy atom. The Bertz CT molecular complexity index is 122. The second-order valence-corrected chi connectivity index (χ2v) is 4.67. The predicted octanol–water partition coefficient (Wildman–Crippen LogP) is 3.51. The maximum atomic E-state index is 3.71. The SMILES string of the molecule is C=CCCCCCCNC(C)(C)C. The first-order valence-electron chi connectivity index (χ1n) is 5.42. The van der Waals surface area contributed by atoms with Crippen LogP contribution in [0.1, 0.15) is 52.9 Å². The maximum absolute atomic E-state index is 3.71. The van der Waals surface area contributed by atoms with E-state index in [4.69, 9.17) is 0 Å². The lowest BCUT2D eigenvalue weighted by Crippen LogP contribution is -2.36. The van der Waals surface area contributed by atoms with Gasteiger partial charge in [-0.1, -0.05) is 18.9 Å². The first-order valence-corrected chi connectivity index (χ1v) is 5.42. The highest BCUT2D eigenvalue weighted by Crippen LogP contribution is 2.04. The van der Waals surface area contributed by atoms with Crippen molar-refractivity contribution in [1.29, 1.82) is 0 Å². The summed E-state index contributed by atoms with van der Waals surface area (Å²) in [6, 6.07) is 0. The lowest BCUT2D eigenvalue weighted by Gasteiger charge is -2.20. The van der Waals surface area contributed by atoms with E-state index in [1.54, 1.807) is 0 Å². The number of nitrogens with one attached hydrogen (secondary N) is 1. The quantitative estimate of drug-likeness (QED) is 0.470. The van der Waals surface area contributed by atoms with Gasteiger partial charge in [0.25, 0.3) is 0 Å². The second kappa shape index (κ2) is 7.14. The zero-order valence-corrected chi connectivity index (χ0v) is 9.53. The van der Waals surface area contributed by atoms with Gasteiger partial charge in [0.05, 0.1) is 0 Å². The third-order valence-corrected chi connectivity index (χ3v) is 1.99. The van der Waals surface area contributed by atoms with Gasteiger partial charge in [-0.05, 0) is 46.6 Å². The van der Waals surface area contributed by atoms with Crippen LogP contribution in [-0.2, 0) is 0 Å². The average Bonchev–Trinajstić information content (AvgIpc) is 2.01. The van der Waals surface area contributed by atoms with Crippen LogP contribution in [0.25, 0.3) is 0 Å². The molecule has 1 heteroatoms. The molecule has 0 amide bonds. The molecule has 0 aromatic carbocycles. The molecule has 0 saturated carbocycles. The molecule has 1 N–H and O–H groups in total. The topological polar surface area (TPSA) is 12.0 Å². The van der Waals surface area contributed by atoms with E-state index in [2.05, 4.69) is 32.7 Å². The van der Waals surface area contributed by atoms with E-state index in [0.717, 1.165) is 6.54 Å². The fraction of sp³-hybridized carbons (Fsp3) is 0.833. The van der Waals surface area contributed by atoms with Gasteiger partial charge in [0.15, 0.2) is 0 Å². The molecule has 0 rings (SSSR count). The van der Waals surface area contributed by atoms with E-state index in [-0.39, 0.29) is 5.54 Å². The number of hydrogen-bond donors (Lipinski definition) is 1. The van der Waals surface area contributed by atoms with Crippen molar-refractivity contribution in [2.45, 2.75) is 58.4 Å². The molecule has 0 aromatic rings. The van der Waals surface area contributed by atoms with Crippen LogP contribution < -0.4 is 5.32 Å². The van der Waals surface area contributed by atoms with E-state index in [0.29, 0.717) is 0 Å². The first-order chi connectivity index (χ1) is 6.06. The average molecular weight is 183 g/mol. The summed E-state index contributed by atoms with van der Waals surface area (Å²) in [5.74, 6) is 0. The van der Waals surface area contributed by atoms with Crippen LogP contribution in [0.4, 0.5) is 0 Å². The Hall–Kier alpha value is -0.300. The fourth-order valence-electron chi connectivity index (χ4n) is 1.23. The minimum absolute atomic E-state index is 0.279. The number of hydrogen-bond acceptors (Lipinski definition) is 1. The van der Waals surface area contributed by atoms with Crippen LogP contribution in [0.5, 0.6) is 0 Å². The summed E-state index contributed by atoms with van der Waals surface area (Å²) in [4.78, 5) is 0. The van der Waals surface area contributed by atoms with Gasteiger partial charge in [-0.2, -0.15) is 0 Å². The molecule has 0 fully saturated rings. The van der Waals surface area contributed by atoms with Crippen molar-refractivity contribution in [1.82, 2.24) is 5.32 Å². The van der Waals surface area contributed by atoms with Crippen LogP contribution >= 0.6 is 0 Å². The smallest absolute Gasteiger partial charge is 0.00965 e. The molecule has 1 nitrogen and oxygen atoms in total. The molecule has 0 aromatic heterocycles. The minimum atomic E-state index is 0.279. The largest absolute Gasteiger partial charge is 0.312 e. The Morgan fingerprint density at radius 3 is 2.23 bits per heavy atom. The first kappa shape index (κ1) is 12.7. The highest BCUT2D eigenvalue weighted by molar-refractivity contribution is 4.70. The Morgan fingerprint density at radius 1 is 1.08 bits per heavy atom. The summed E-state index contributed by atoms with van der Waals surface area (Å²) in [6.07, 6.45) is 8.47. The van der Waals surface area contributed by atoms with Gasteiger partial charge in [-0.15, -0.1) is 6.58 Å². The molecular formula is C12H25N. The van der Waals surface area contributed by atoms with Gasteiger partial charge < -0.3 is 5.32 Å². The predicted molar refractivity (Wildman–Crippen MR) is 61.0 cm³/mol. The van der Waals surface area contributed by atoms with Gasteiger partial charge in [-0.3, -0.25) is 0 Å². The Balaban J connectivity index is 3.04. The summed E-state index contributed by atoms with van der Waals surface area (Å²) in [5.41, 5.74) is 0.279. The maximum Gasteiger partial charge on any atom is 0.00965 e. The lowest BCUT2D eigenvalue weighted by molar-refractivity contribution is 0.416. The van der Waals surface area contributed by atoms with E-state index < -0.39 is 0 Å². The molecule has 0 radical (unpaired) electrons. The number of unbranched alkanes of at least 4 members (excludes halogenated alkanes) is 4. The van der Waals surface area contributed by atoms with Crippen molar-refractivity contribution < 1.29 is 0 Å². The highest BCUT2D eigenvalue weighted by Gasteiger charge is 2.06. The lowest BCUT2D eigenvalue weighted by atomic mass is 10.1. The van der Waals surface area contributed by atoms with E-state index >= 15 is 0 Å². The molecule has 0 saturated heterocycles. The van der Waals surface area contributed by atoms with Crippen molar-refractivity contribution in [3.8, 4) is 0 Å². The van der Waals surface area contributed by atoms with Gasteiger partial charge in [0.1, 0.15) is 0 Å². The Labute approximate surface area is 83.6 Å². The summed E-state index contributed by atoms with van der Waals surface area (Å²) in [5, 5.41) is 3.49. The van der Waals surface area contributed by atoms with E-state index in [9.17, 15) is 0 Å². The Kier molecular flexibility index (Phi) is 6.97. The third kappa shape index (κ3) is 11.7. The molecule has 0 spiro atoms. The molecular weight excluding hydrogens is 158 g/mol. The summed E-state index contributed by atoms with van der Waals surface area (Å²) in [6.45, 7) is 11.5. The fourth-order valence-corrected chi connectivity index (χ4v) is 1.23. The van der Waals surface area contributed by atoms with Crippen molar-refractivity contribution in [3.63, 3.8) is 0 Å². The molecule has 0 unspecified atom stereocenters. The highest BCUT2D eigenvalue weighted by atomic mass is 14.9. The molecule has 0 heterocycles. The third-order valence-electron chi connectivity index (χ3n) is 1.99. The van der Waals surface area contributed by atoms with Crippen LogP contribution in [0, 0.1) is 0 Å². The van der Waals surface area contributed by atoms with Crippen molar-refractivity contribution in [2.75, 3.05) is 6.54 Å². The van der Waals surface area contributed by atoms with Gasteiger partial charge >= 0.3 is 0 Å². The molecule has 0 aliphatic carbocycles. The van der Waals surface area contributed by atoms with Crippen LogP contribution in [-0.4, -0.2) is 12.1 Å². The molecule has 0 aliphatic heterocycles. The van der Waals surface area contributed by atoms with Crippen LogP contribution in [0.15, 0.2) is 12.7 Å². The molecule has 0 aliphatic rings. The van der Waals surface area contributed by atoms with Gasteiger partial charge in [-0.25, -0.2) is 0 Å². The van der Waals surface area contributed by atoms with E-state index in [1.807, 2.05) is 6.08 Å². The summed E-state index contributed by atoms with van der Waals surface area (Å²) >= 11 is 0. The van der Waals surface area contributed by atoms with Gasteiger partial charge in [0, 0.05) is 5.54 Å². The normalized spacial score (nSPS) is 11.6. The zero-order chi connectivity index (χ0) is 10.2. The molecule has 78 valence electrons. The molecule has 13 heavy (non-hydrogen) atoms. The standard InChI is InChI=1S/C12H25N/c1-5-6-7-8-9-10-11-13-12(2,3)4/h5,13H,1,6-11H2,2-4H3. The van der Waals surface area contributed by atoms with Crippen molar-refractivity contribution in [2.24, 2.45) is 0 Å². The van der Waals surface area contributed by atoms with Gasteiger partial charge in [0.2, 0.25) is 0 Å². The second-order valence-electron chi connectivity index (χ2n) is 4.67.